The minimum absolute atomic E-state index is 0.348. The zero-order valence-electron chi connectivity index (χ0n) is 9.75. The summed E-state index contributed by atoms with van der Waals surface area (Å²) in [5.41, 5.74) is 6.49. The standard InChI is InChI=1S/C12H12N4O2/c1-18-10-3-2-8(13)6-9(10)12(17)16-11-7-14-4-5-15-11/h2-7H,13H2,1H3,(H,15,16,17). The highest BCUT2D eigenvalue weighted by atomic mass is 16.5. The Balaban J connectivity index is 2.26. The molecule has 0 saturated heterocycles. The lowest BCUT2D eigenvalue weighted by molar-refractivity contribution is 0.102. The average Bonchev–Trinajstić information content (AvgIpc) is 2.40. The molecule has 1 amide bonds. The number of aromatic nitrogens is 2. The molecule has 6 nitrogen and oxygen atoms in total. The van der Waals surface area contributed by atoms with Crippen LogP contribution in [0.15, 0.2) is 36.8 Å². The molecule has 0 unspecified atom stereocenters. The van der Waals surface area contributed by atoms with Gasteiger partial charge in [0.15, 0.2) is 5.82 Å². The Labute approximate surface area is 104 Å². The third-order valence-electron chi connectivity index (χ3n) is 2.27. The molecule has 0 aliphatic carbocycles. The first-order chi connectivity index (χ1) is 8.70. The van der Waals surface area contributed by atoms with E-state index in [-0.39, 0.29) is 5.91 Å². The van der Waals surface area contributed by atoms with Crippen LogP contribution in [0.1, 0.15) is 10.4 Å². The van der Waals surface area contributed by atoms with E-state index in [0.717, 1.165) is 0 Å². The number of nitrogens with zero attached hydrogens (tertiary/aromatic N) is 2. The van der Waals surface area contributed by atoms with Crippen LogP contribution in [-0.2, 0) is 0 Å². The van der Waals surface area contributed by atoms with Gasteiger partial charge >= 0.3 is 0 Å². The molecule has 2 aromatic rings. The minimum Gasteiger partial charge on any atom is -0.496 e. The molecule has 0 radical (unpaired) electrons. The summed E-state index contributed by atoms with van der Waals surface area (Å²) in [6.07, 6.45) is 4.47. The molecule has 6 heteroatoms. The summed E-state index contributed by atoms with van der Waals surface area (Å²) in [4.78, 5) is 19.8. The Bertz CT molecular complexity index is 557. The molecule has 0 aliphatic rings. The third kappa shape index (κ3) is 2.54. The molecule has 18 heavy (non-hydrogen) atoms. The fourth-order valence-corrected chi connectivity index (χ4v) is 1.45. The third-order valence-corrected chi connectivity index (χ3v) is 2.27. The Kier molecular flexibility index (Phi) is 3.38. The maximum Gasteiger partial charge on any atom is 0.260 e. The number of hydrogen-bond acceptors (Lipinski definition) is 5. The zero-order chi connectivity index (χ0) is 13.0. The van der Waals surface area contributed by atoms with Crippen molar-refractivity contribution in [1.29, 1.82) is 0 Å². The predicted octanol–water partition coefficient (Wildman–Crippen LogP) is 1.32. The number of anilines is 2. The van der Waals surface area contributed by atoms with Crippen molar-refractivity contribution in [1.82, 2.24) is 9.97 Å². The van der Waals surface area contributed by atoms with E-state index in [1.54, 1.807) is 18.2 Å². The molecule has 1 aromatic carbocycles. The van der Waals surface area contributed by atoms with Crippen molar-refractivity contribution >= 4 is 17.4 Å². The second kappa shape index (κ2) is 5.13. The van der Waals surface area contributed by atoms with Crippen molar-refractivity contribution in [2.24, 2.45) is 0 Å². The van der Waals surface area contributed by atoms with E-state index in [1.165, 1.54) is 25.7 Å². The zero-order valence-corrected chi connectivity index (χ0v) is 9.75. The predicted molar refractivity (Wildman–Crippen MR) is 67.4 cm³/mol. The van der Waals surface area contributed by atoms with Gasteiger partial charge in [0.05, 0.1) is 18.9 Å². The topological polar surface area (TPSA) is 90.1 Å². The number of amides is 1. The second-order valence-corrected chi connectivity index (χ2v) is 3.50. The number of rotatable bonds is 3. The summed E-state index contributed by atoms with van der Waals surface area (Å²) in [5.74, 6) is 0.470. The normalized spacial score (nSPS) is 9.83. The summed E-state index contributed by atoms with van der Waals surface area (Å²) in [6.45, 7) is 0. The molecule has 92 valence electrons. The first-order valence-electron chi connectivity index (χ1n) is 5.21. The van der Waals surface area contributed by atoms with E-state index in [2.05, 4.69) is 15.3 Å². The molecule has 0 atom stereocenters. The van der Waals surface area contributed by atoms with Crippen LogP contribution >= 0.6 is 0 Å². The molecule has 1 aromatic heterocycles. The molecule has 0 saturated carbocycles. The van der Waals surface area contributed by atoms with Crippen molar-refractivity contribution in [3.8, 4) is 5.75 Å². The smallest absolute Gasteiger partial charge is 0.260 e. The van der Waals surface area contributed by atoms with E-state index >= 15 is 0 Å². The number of nitrogens with two attached hydrogens (primary N) is 1. The van der Waals surface area contributed by atoms with Gasteiger partial charge in [-0.2, -0.15) is 0 Å². The largest absolute Gasteiger partial charge is 0.496 e. The van der Waals surface area contributed by atoms with Crippen LogP contribution in [0.4, 0.5) is 11.5 Å². The van der Waals surface area contributed by atoms with Gasteiger partial charge in [0.2, 0.25) is 0 Å². The van der Waals surface area contributed by atoms with Crippen molar-refractivity contribution in [2.75, 3.05) is 18.2 Å². The molecule has 2 rings (SSSR count). The molecule has 1 heterocycles. The number of nitrogen functional groups attached to an aromatic ring is 1. The summed E-state index contributed by atoms with van der Waals surface area (Å²) >= 11 is 0. The van der Waals surface area contributed by atoms with Gasteiger partial charge in [0.25, 0.3) is 5.91 Å². The van der Waals surface area contributed by atoms with Crippen LogP contribution in [-0.4, -0.2) is 23.0 Å². The van der Waals surface area contributed by atoms with Crippen LogP contribution in [0, 0.1) is 0 Å². The minimum atomic E-state index is -0.348. The SMILES string of the molecule is COc1ccc(N)cc1C(=O)Nc1cnccn1. The number of ether oxygens (including phenoxy) is 1. The molecule has 3 N–H and O–H groups in total. The van der Waals surface area contributed by atoms with Crippen LogP contribution in [0.25, 0.3) is 0 Å². The molecule has 0 bridgehead atoms. The van der Waals surface area contributed by atoms with E-state index < -0.39 is 0 Å². The van der Waals surface area contributed by atoms with Crippen LogP contribution in [0.3, 0.4) is 0 Å². The van der Waals surface area contributed by atoms with Crippen LogP contribution in [0.2, 0.25) is 0 Å². The highest BCUT2D eigenvalue weighted by molar-refractivity contribution is 6.06. The number of nitrogens with one attached hydrogen (secondary N) is 1. The Morgan fingerprint density at radius 1 is 1.39 bits per heavy atom. The molecule has 0 spiro atoms. The second-order valence-electron chi connectivity index (χ2n) is 3.50. The van der Waals surface area contributed by atoms with Crippen molar-refractivity contribution < 1.29 is 9.53 Å². The van der Waals surface area contributed by atoms with E-state index in [9.17, 15) is 4.79 Å². The highest BCUT2D eigenvalue weighted by Gasteiger charge is 2.13. The van der Waals surface area contributed by atoms with Gasteiger partial charge in [-0.3, -0.25) is 9.78 Å². The maximum absolute atomic E-state index is 12.0. The highest BCUT2D eigenvalue weighted by Crippen LogP contribution is 2.21. The quantitative estimate of drug-likeness (QED) is 0.795. The maximum atomic E-state index is 12.0. The van der Waals surface area contributed by atoms with Gasteiger partial charge in [0, 0.05) is 18.1 Å². The lowest BCUT2D eigenvalue weighted by Gasteiger charge is -2.09. The molecule has 0 fully saturated rings. The first-order valence-corrected chi connectivity index (χ1v) is 5.21. The number of hydrogen-bond donors (Lipinski definition) is 2. The van der Waals surface area contributed by atoms with Gasteiger partial charge in [-0.1, -0.05) is 0 Å². The number of carbonyl (C=O) groups is 1. The van der Waals surface area contributed by atoms with Crippen LogP contribution < -0.4 is 15.8 Å². The van der Waals surface area contributed by atoms with E-state index in [0.29, 0.717) is 22.8 Å². The molecular formula is C12H12N4O2. The molecular weight excluding hydrogens is 232 g/mol. The van der Waals surface area contributed by atoms with Crippen molar-refractivity contribution in [3.05, 3.63) is 42.4 Å². The summed E-state index contributed by atoms with van der Waals surface area (Å²) in [5, 5.41) is 2.61. The Morgan fingerprint density at radius 2 is 2.22 bits per heavy atom. The van der Waals surface area contributed by atoms with Crippen molar-refractivity contribution in [3.63, 3.8) is 0 Å². The lowest BCUT2D eigenvalue weighted by atomic mass is 10.1. The van der Waals surface area contributed by atoms with Gasteiger partial charge in [-0.15, -0.1) is 0 Å². The van der Waals surface area contributed by atoms with Crippen molar-refractivity contribution in [2.45, 2.75) is 0 Å². The van der Waals surface area contributed by atoms with Gasteiger partial charge in [-0.25, -0.2) is 4.98 Å². The Morgan fingerprint density at radius 3 is 2.89 bits per heavy atom. The number of benzene rings is 1. The number of methoxy groups -OCH3 is 1. The molecule has 0 aliphatic heterocycles. The summed E-state index contributed by atoms with van der Waals surface area (Å²) in [6, 6.07) is 4.85. The lowest BCUT2D eigenvalue weighted by Crippen LogP contribution is -2.14. The summed E-state index contributed by atoms with van der Waals surface area (Å²) < 4.78 is 5.11. The van der Waals surface area contributed by atoms with E-state index in [4.69, 9.17) is 10.5 Å². The monoisotopic (exact) mass is 244 g/mol. The average molecular weight is 244 g/mol. The van der Waals surface area contributed by atoms with E-state index in [1.807, 2.05) is 0 Å². The number of carbonyl (C=O) groups excluding carboxylic acids is 1. The fraction of sp³-hybridized carbons (Fsp3) is 0.0833. The van der Waals surface area contributed by atoms with Gasteiger partial charge < -0.3 is 15.8 Å². The first kappa shape index (κ1) is 11.8. The summed E-state index contributed by atoms with van der Waals surface area (Å²) in [7, 11) is 1.49. The van der Waals surface area contributed by atoms with Gasteiger partial charge in [0.1, 0.15) is 5.75 Å². The Hall–Kier alpha value is -2.63. The van der Waals surface area contributed by atoms with Crippen LogP contribution in [0.5, 0.6) is 5.75 Å². The van der Waals surface area contributed by atoms with Gasteiger partial charge in [-0.05, 0) is 18.2 Å². The fourth-order valence-electron chi connectivity index (χ4n) is 1.45.